The summed E-state index contributed by atoms with van der Waals surface area (Å²) in [5, 5.41) is 5.28. The van der Waals surface area contributed by atoms with Gasteiger partial charge in [0.15, 0.2) is 0 Å². The smallest absolute Gasteiger partial charge is 0.254 e. The molecule has 0 aliphatic carbocycles. The van der Waals surface area contributed by atoms with Crippen LogP contribution in [0.25, 0.3) is 0 Å². The van der Waals surface area contributed by atoms with Gasteiger partial charge in [0.05, 0.1) is 5.56 Å². The van der Waals surface area contributed by atoms with E-state index in [4.69, 9.17) is 5.73 Å². The number of thiophene rings is 1. The highest BCUT2D eigenvalue weighted by Gasteiger charge is 2.40. The van der Waals surface area contributed by atoms with Crippen LogP contribution >= 0.6 is 36.2 Å². The van der Waals surface area contributed by atoms with Crippen molar-refractivity contribution in [3.05, 3.63) is 57.8 Å². The van der Waals surface area contributed by atoms with Crippen molar-refractivity contribution in [3.8, 4) is 0 Å². The molecule has 9 heteroatoms. The van der Waals surface area contributed by atoms with Crippen LogP contribution in [-0.2, 0) is 6.54 Å². The number of carbonyl (C=O) groups excluding carboxylic acids is 2. The first-order valence-electron chi connectivity index (χ1n) is 9.30. The highest BCUT2D eigenvalue weighted by atomic mass is 35.5. The summed E-state index contributed by atoms with van der Waals surface area (Å²) < 4.78 is 0. The van der Waals surface area contributed by atoms with E-state index in [9.17, 15) is 9.59 Å². The summed E-state index contributed by atoms with van der Waals surface area (Å²) in [5.41, 5.74) is 6.64. The molecule has 0 radical (unpaired) electrons. The molecule has 2 bridgehead atoms. The van der Waals surface area contributed by atoms with E-state index < -0.39 is 0 Å². The normalized spacial score (nSPS) is 22.5. The van der Waals surface area contributed by atoms with Crippen molar-refractivity contribution in [2.45, 2.75) is 25.0 Å². The van der Waals surface area contributed by atoms with Gasteiger partial charge in [0.1, 0.15) is 0 Å². The summed E-state index contributed by atoms with van der Waals surface area (Å²) in [6.07, 6.45) is 1.04. The van der Waals surface area contributed by atoms with E-state index in [2.05, 4.69) is 15.1 Å². The van der Waals surface area contributed by atoms with Crippen molar-refractivity contribution in [1.82, 2.24) is 15.1 Å². The number of primary amides is 1. The molecule has 2 aromatic rings. The van der Waals surface area contributed by atoms with Gasteiger partial charge < -0.3 is 16.0 Å². The number of benzene rings is 1. The zero-order valence-electron chi connectivity index (χ0n) is 16.0. The highest BCUT2D eigenvalue weighted by Crippen LogP contribution is 2.26. The van der Waals surface area contributed by atoms with Gasteiger partial charge in [0.2, 0.25) is 5.91 Å². The minimum absolute atomic E-state index is 0. The SMILES string of the molecule is Cl.Cl.NC(=O)c1csc(CNCC2CN(C(=O)c3ccccc3)C3CCN2C3)c1. The molecule has 6 nitrogen and oxygen atoms in total. The molecule has 3 atom stereocenters. The van der Waals surface area contributed by atoms with Crippen molar-refractivity contribution < 1.29 is 9.59 Å². The summed E-state index contributed by atoms with van der Waals surface area (Å²) in [4.78, 5) is 29.8. The molecule has 4 rings (SSSR count). The zero-order valence-corrected chi connectivity index (χ0v) is 18.4. The molecule has 2 aliphatic heterocycles. The maximum Gasteiger partial charge on any atom is 0.254 e. The van der Waals surface area contributed by atoms with Gasteiger partial charge in [-0.15, -0.1) is 36.2 Å². The summed E-state index contributed by atoms with van der Waals surface area (Å²) in [7, 11) is 0. The van der Waals surface area contributed by atoms with Crippen LogP contribution in [0.5, 0.6) is 0 Å². The van der Waals surface area contributed by atoms with Crippen molar-refractivity contribution in [1.29, 1.82) is 0 Å². The Balaban J connectivity index is 0.00000150. The van der Waals surface area contributed by atoms with Crippen LogP contribution in [0.3, 0.4) is 0 Å². The number of hydrogen-bond donors (Lipinski definition) is 2. The fraction of sp³-hybridized carbons (Fsp3) is 0.400. The number of amides is 2. The third-order valence-corrected chi connectivity index (χ3v) is 6.40. The van der Waals surface area contributed by atoms with Crippen LogP contribution in [0, 0.1) is 0 Å². The Morgan fingerprint density at radius 1 is 1.14 bits per heavy atom. The van der Waals surface area contributed by atoms with Crippen LogP contribution in [0.1, 0.15) is 32.0 Å². The quantitative estimate of drug-likeness (QED) is 0.699. The molecule has 0 saturated carbocycles. The lowest BCUT2D eigenvalue weighted by molar-refractivity contribution is 0.0495. The fourth-order valence-electron chi connectivity index (χ4n) is 4.00. The van der Waals surface area contributed by atoms with E-state index in [-0.39, 0.29) is 36.6 Å². The predicted molar refractivity (Wildman–Crippen MR) is 120 cm³/mol. The minimum atomic E-state index is -0.386. The second-order valence-electron chi connectivity index (χ2n) is 7.21. The topological polar surface area (TPSA) is 78.7 Å². The minimum Gasteiger partial charge on any atom is -0.366 e. The number of halogens is 2. The number of rotatable bonds is 6. The van der Waals surface area contributed by atoms with Gasteiger partial charge in [-0.25, -0.2) is 0 Å². The molecule has 3 unspecified atom stereocenters. The Kier molecular flexibility index (Phi) is 8.48. The zero-order chi connectivity index (χ0) is 18.8. The highest BCUT2D eigenvalue weighted by molar-refractivity contribution is 7.10. The molecule has 2 fully saturated rings. The molecule has 2 amide bonds. The number of piperazine rings is 1. The van der Waals surface area contributed by atoms with Gasteiger partial charge in [-0.1, -0.05) is 18.2 Å². The van der Waals surface area contributed by atoms with Crippen molar-refractivity contribution in [2.75, 3.05) is 26.2 Å². The molecule has 29 heavy (non-hydrogen) atoms. The van der Waals surface area contributed by atoms with E-state index in [1.54, 1.807) is 16.7 Å². The number of nitrogens with one attached hydrogen (secondary N) is 1. The monoisotopic (exact) mass is 456 g/mol. The largest absolute Gasteiger partial charge is 0.366 e. The van der Waals surface area contributed by atoms with E-state index >= 15 is 0 Å². The fourth-order valence-corrected chi connectivity index (χ4v) is 4.84. The van der Waals surface area contributed by atoms with Crippen molar-refractivity contribution in [3.63, 3.8) is 0 Å². The third-order valence-electron chi connectivity index (χ3n) is 5.46. The summed E-state index contributed by atoms with van der Waals surface area (Å²) in [6.45, 7) is 4.27. The van der Waals surface area contributed by atoms with Crippen molar-refractivity contribution >= 4 is 48.0 Å². The molecular weight excluding hydrogens is 431 g/mol. The average Bonchev–Trinajstić information content (AvgIpc) is 3.32. The molecule has 2 aliphatic rings. The Bertz CT molecular complexity index is 833. The number of nitrogens with two attached hydrogens (primary N) is 1. The van der Waals surface area contributed by atoms with Crippen LogP contribution in [-0.4, -0.2) is 59.9 Å². The summed E-state index contributed by atoms with van der Waals surface area (Å²) >= 11 is 1.54. The Hall–Kier alpha value is -1.64. The van der Waals surface area contributed by atoms with Gasteiger partial charge >= 0.3 is 0 Å². The van der Waals surface area contributed by atoms with Crippen LogP contribution < -0.4 is 11.1 Å². The number of nitrogens with zero attached hydrogens (tertiary/aromatic N) is 2. The number of hydrogen-bond acceptors (Lipinski definition) is 5. The Morgan fingerprint density at radius 3 is 2.59 bits per heavy atom. The molecule has 1 aromatic heterocycles. The first kappa shape index (κ1) is 23.6. The molecule has 1 aromatic carbocycles. The molecular formula is C20H26Cl2N4O2S. The van der Waals surface area contributed by atoms with E-state index in [1.165, 1.54) is 0 Å². The van der Waals surface area contributed by atoms with E-state index in [1.807, 2.05) is 36.4 Å². The molecule has 3 N–H and O–H groups in total. The first-order valence-corrected chi connectivity index (χ1v) is 10.2. The molecule has 0 spiro atoms. The Labute approximate surface area is 187 Å². The molecule has 3 heterocycles. The summed E-state index contributed by atoms with van der Waals surface area (Å²) in [6, 6.07) is 12.0. The van der Waals surface area contributed by atoms with E-state index in [0.717, 1.165) is 43.0 Å². The van der Waals surface area contributed by atoms with Gasteiger partial charge in [0, 0.05) is 60.6 Å². The van der Waals surface area contributed by atoms with Crippen LogP contribution in [0.15, 0.2) is 41.8 Å². The first-order chi connectivity index (χ1) is 13.1. The van der Waals surface area contributed by atoms with Crippen LogP contribution in [0.2, 0.25) is 0 Å². The average molecular weight is 457 g/mol. The van der Waals surface area contributed by atoms with Crippen LogP contribution in [0.4, 0.5) is 0 Å². The second kappa shape index (κ2) is 10.4. The van der Waals surface area contributed by atoms with Gasteiger partial charge in [0.25, 0.3) is 5.91 Å². The Morgan fingerprint density at radius 2 is 1.90 bits per heavy atom. The van der Waals surface area contributed by atoms with Gasteiger partial charge in [-0.2, -0.15) is 0 Å². The van der Waals surface area contributed by atoms with Crippen molar-refractivity contribution in [2.24, 2.45) is 5.73 Å². The lowest BCUT2D eigenvalue weighted by atomic mass is 10.1. The van der Waals surface area contributed by atoms with E-state index in [0.29, 0.717) is 24.2 Å². The lowest BCUT2D eigenvalue weighted by Gasteiger charge is -2.40. The standard InChI is InChI=1S/C20H24N4O2S.2ClH/c21-19(25)15-8-18(27-13-15)10-22-9-17-12-24(16-6-7-23(17)11-16)20(26)14-4-2-1-3-5-14;;/h1-5,8,13,16-17,22H,6-7,9-12H2,(H2,21,25);2*1H. The predicted octanol–water partition coefficient (Wildman–Crippen LogP) is 2.38. The number of carbonyl (C=O) groups is 2. The van der Waals surface area contributed by atoms with Gasteiger partial charge in [-0.05, 0) is 24.6 Å². The molecule has 2 saturated heterocycles. The maximum absolute atomic E-state index is 12.9. The second-order valence-corrected chi connectivity index (χ2v) is 8.21. The number of fused-ring (bicyclic) bond motifs is 2. The summed E-state index contributed by atoms with van der Waals surface area (Å²) in [5.74, 6) is -0.250. The third kappa shape index (κ3) is 5.29. The lowest BCUT2D eigenvalue weighted by Crippen LogP contribution is -2.57. The van der Waals surface area contributed by atoms with Gasteiger partial charge in [-0.3, -0.25) is 14.5 Å². The molecule has 158 valence electrons. The maximum atomic E-state index is 12.9.